The van der Waals surface area contributed by atoms with Gasteiger partial charge in [-0.3, -0.25) is 0 Å². The normalized spacial score (nSPS) is 19.2. The lowest BCUT2D eigenvalue weighted by Crippen LogP contribution is -2.46. The van der Waals surface area contributed by atoms with Crippen molar-refractivity contribution in [3.8, 4) is 11.5 Å². The van der Waals surface area contributed by atoms with Gasteiger partial charge in [-0.1, -0.05) is 23.9 Å². The van der Waals surface area contributed by atoms with Gasteiger partial charge >= 0.3 is 12.0 Å². The summed E-state index contributed by atoms with van der Waals surface area (Å²) in [6, 6.07) is 9.62. The molecular weight excluding hydrogens is 474 g/mol. The molecular formula is C23H23N5O6S. The quantitative estimate of drug-likeness (QED) is 0.374. The molecule has 5 rings (SSSR count). The summed E-state index contributed by atoms with van der Waals surface area (Å²) in [5, 5.41) is 14.6. The van der Waals surface area contributed by atoms with Crippen LogP contribution in [0.5, 0.6) is 11.5 Å². The Hall–Kier alpha value is -3.93. The van der Waals surface area contributed by atoms with Gasteiger partial charge in [-0.2, -0.15) is 0 Å². The molecule has 2 N–H and O–H groups in total. The maximum atomic E-state index is 12.8. The Morgan fingerprint density at radius 3 is 2.83 bits per heavy atom. The van der Waals surface area contributed by atoms with Crippen molar-refractivity contribution >= 4 is 23.8 Å². The summed E-state index contributed by atoms with van der Waals surface area (Å²) in [4.78, 5) is 25.2. The molecule has 2 atom stereocenters. The van der Waals surface area contributed by atoms with Gasteiger partial charge in [0.1, 0.15) is 18.4 Å². The third-order valence-electron chi connectivity index (χ3n) is 5.49. The fraction of sp³-hybridized carbons (Fsp3) is 0.304. The van der Waals surface area contributed by atoms with Crippen LogP contribution in [0.15, 0.2) is 63.5 Å². The number of ether oxygens (including phenoxy) is 3. The van der Waals surface area contributed by atoms with Crippen LogP contribution in [0, 0.1) is 0 Å². The van der Waals surface area contributed by atoms with Crippen LogP contribution in [0.1, 0.15) is 30.7 Å². The minimum atomic E-state index is -0.767. The number of rotatable bonds is 7. The van der Waals surface area contributed by atoms with Crippen LogP contribution in [0.3, 0.4) is 0 Å². The van der Waals surface area contributed by atoms with E-state index in [1.807, 2.05) is 35.9 Å². The van der Waals surface area contributed by atoms with E-state index in [9.17, 15) is 9.59 Å². The van der Waals surface area contributed by atoms with Crippen molar-refractivity contribution < 1.29 is 28.2 Å². The molecule has 0 bridgehead atoms. The van der Waals surface area contributed by atoms with E-state index >= 15 is 0 Å². The average Bonchev–Trinajstić information content (AvgIpc) is 3.52. The number of nitrogens with one attached hydrogen (secondary N) is 2. The molecule has 3 aromatic rings. The van der Waals surface area contributed by atoms with Crippen LogP contribution < -0.4 is 20.1 Å². The Morgan fingerprint density at radius 2 is 2.06 bits per heavy atom. The molecule has 0 fully saturated rings. The Balaban J connectivity index is 1.38. The number of aromatic nitrogens is 3. The van der Waals surface area contributed by atoms with Gasteiger partial charge < -0.3 is 33.8 Å². The van der Waals surface area contributed by atoms with E-state index in [-0.39, 0.29) is 17.9 Å². The number of para-hydroxylation sites is 2. The van der Waals surface area contributed by atoms with Gasteiger partial charge in [-0.25, -0.2) is 9.59 Å². The van der Waals surface area contributed by atoms with Crippen LogP contribution in [0.4, 0.5) is 4.79 Å². The molecule has 2 aliphatic rings. The molecule has 2 unspecified atom stereocenters. The summed E-state index contributed by atoms with van der Waals surface area (Å²) in [5.74, 6) is 2.07. The molecule has 182 valence electrons. The number of esters is 1. The Morgan fingerprint density at radius 1 is 1.23 bits per heavy atom. The van der Waals surface area contributed by atoms with E-state index in [2.05, 4.69) is 20.8 Å². The predicted molar refractivity (Wildman–Crippen MR) is 124 cm³/mol. The Kier molecular flexibility index (Phi) is 6.36. The molecule has 35 heavy (non-hydrogen) atoms. The molecule has 2 aromatic heterocycles. The van der Waals surface area contributed by atoms with Gasteiger partial charge in [0.05, 0.1) is 18.4 Å². The number of carbonyl (C=O) groups is 2. The number of urea groups is 1. The number of nitrogens with zero attached hydrogens (tertiary/aromatic N) is 3. The van der Waals surface area contributed by atoms with Gasteiger partial charge in [0.15, 0.2) is 28.6 Å². The molecule has 0 saturated carbocycles. The molecule has 2 aliphatic heterocycles. The van der Waals surface area contributed by atoms with E-state index in [1.165, 1.54) is 18.0 Å². The fourth-order valence-electron chi connectivity index (χ4n) is 3.87. The van der Waals surface area contributed by atoms with E-state index in [1.54, 1.807) is 19.1 Å². The maximum Gasteiger partial charge on any atom is 0.338 e. The second-order valence-corrected chi connectivity index (χ2v) is 8.65. The van der Waals surface area contributed by atoms with E-state index < -0.39 is 24.1 Å². The zero-order chi connectivity index (χ0) is 24.4. The minimum absolute atomic E-state index is 0.195. The first-order valence-electron chi connectivity index (χ1n) is 11.0. The molecule has 0 aliphatic carbocycles. The predicted octanol–water partition coefficient (Wildman–Crippen LogP) is 2.88. The SMILES string of the molecule is CCOC(=O)C1=C(CSc2nnc(C3COc4ccccc4O3)n2C)NC(=O)NC1c1ccco1. The number of amides is 2. The zero-order valence-corrected chi connectivity index (χ0v) is 19.8. The number of hydrogen-bond donors (Lipinski definition) is 2. The minimum Gasteiger partial charge on any atom is -0.485 e. The largest absolute Gasteiger partial charge is 0.485 e. The van der Waals surface area contributed by atoms with Crippen molar-refractivity contribution in [2.75, 3.05) is 19.0 Å². The summed E-state index contributed by atoms with van der Waals surface area (Å²) < 4.78 is 24.4. The maximum absolute atomic E-state index is 12.8. The third-order valence-corrected chi connectivity index (χ3v) is 6.53. The van der Waals surface area contributed by atoms with Crippen LogP contribution in [-0.2, 0) is 16.6 Å². The summed E-state index contributed by atoms with van der Waals surface area (Å²) in [6.45, 7) is 2.22. The summed E-state index contributed by atoms with van der Waals surface area (Å²) in [6.07, 6.45) is 1.06. The van der Waals surface area contributed by atoms with Crippen molar-refractivity contribution in [1.82, 2.24) is 25.4 Å². The molecule has 1 aromatic carbocycles. The lowest BCUT2D eigenvalue weighted by Gasteiger charge is -2.27. The van der Waals surface area contributed by atoms with E-state index in [0.717, 1.165) is 0 Å². The van der Waals surface area contributed by atoms with Gasteiger partial charge in [0, 0.05) is 18.5 Å². The van der Waals surface area contributed by atoms with Gasteiger partial charge in [0.2, 0.25) is 0 Å². The number of fused-ring (bicyclic) bond motifs is 1. The van der Waals surface area contributed by atoms with Gasteiger partial charge in [0.25, 0.3) is 0 Å². The first-order valence-corrected chi connectivity index (χ1v) is 11.9. The lowest BCUT2D eigenvalue weighted by atomic mass is 10.0. The molecule has 0 radical (unpaired) electrons. The van der Waals surface area contributed by atoms with Crippen LogP contribution in [0.2, 0.25) is 0 Å². The highest BCUT2D eigenvalue weighted by molar-refractivity contribution is 7.99. The number of furan rings is 1. The molecule has 0 saturated heterocycles. The summed E-state index contributed by atoms with van der Waals surface area (Å²) >= 11 is 1.32. The lowest BCUT2D eigenvalue weighted by molar-refractivity contribution is -0.139. The fourth-order valence-corrected chi connectivity index (χ4v) is 4.75. The topological polar surface area (TPSA) is 130 Å². The summed E-state index contributed by atoms with van der Waals surface area (Å²) in [7, 11) is 1.83. The van der Waals surface area contributed by atoms with Crippen molar-refractivity contribution in [2.45, 2.75) is 24.2 Å². The van der Waals surface area contributed by atoms with Gasteiger partial charge in [-0.05, 0) is 31.2 Å². The van der Waals surface area contributed by atoms with E-state index in [4.69, 9.17) is 18.6 Å². The number of thioether (sulfide) groups is 1. The van der Waals surface area contributed by atoms with Crippen LogP contribution >= 0.6 is 11.8 Å². The monoisotopic (exact) mass is 497 g/mol. The highest BCUT2D eigenvalue weighted by atomic mass is 32.2. The number of benzene rings is 1. The third kappa shape index (κ3) is 4.56. The van der Waals surface area contributed by atoms with Crippen molar-refractivity contribution in [2.24, 2.45) is 7.05 Å². The van der Waals surface area contributed by atoms with Crippen molar-refractivity contribution in [1.29, 1.82) is 0 Å². The number of hydrogen-bond acceptors (Lipinski definition) is 9. The van der Waals surface area contributed by atoms with Crippen molar-refractivity contribution in [3.63, 3.8) is 0 Å². The molecule has 2 amide bonds. The smallest absolute Gasteiger partial charge is 0.338 e. The Labute approximate surface area is 204 Å². The second kappa shape index (κ2) is 9.74. The highest BCUT2D eigenvalue weighted by Gasteiger charge is 2.35. The molecule has 0 spiro atoms. The average molecular weight is 498 g/mol. The van der Waals surface area contributed by atoms with Crippen molar-refractivity contribution in [3.05, 3.63) is 65.5 Å². The molecule has 12 heteroatoms. The number of carbonyl (C=O) groups excluding carboxylic acids is 2. The van der Waals surface area contributed by atoms with E-state index in [0.29, 0.717) is 40.5 Å². The standard InChI is InChI=1S/C23H23N5O6S/c1-3-31-21(29)18-13(24-22(30)25-19(18)16-9-6-10-32-16)12-35-23-27-26-20(28(23)2)17-11-33-14-7-4-5-8-15(14)34-17/h4-10,17,19H,3,11-12H2,1-2H3,(H2,24,25,30). The molecule has 4 heterocycles. The summed E-state index contributed by atoms with van der Waals surface area (Å²) in [5.41, 5.74) is 0.686. The zero-order valence-electron chi connectivity index (χ0n) is 19.0. The first-order chi connectivity index (χ1) is 17.0. The Bertz CT molecular complexity index is 1270. The highest BCUT2D eigenvalue weighted by Crippen LogP contribution is 2.36. The van der Waals surface area contributed by atoms with Gasteiger partial charge in [-0.15, -0.1) is 10.2 Å². The first kappa shape index (κ1) is 22.8. The molecule has 11 nitrogen and oxygen atoms in total. The van der Waals surface area contributed by atoms with Crippen LogP contribution in [-0.4, -0.2) is 45.7 Å². The van der Waals surface area contributed by atoms with Crippen LogP contribution in [0.25, 0.3) is 0 Å². The second-order valence-electron chi connectivity index (χ2n) is 7.71.